The highest BCUT2D eigenvalue weighted by Crippen LogP contribution is 2.10. The summed E-state index contributed by atoms with van der Waals surface area (Å²) >= 11 is 0. The zero-order valence-electron chi connectivity index (χ0n) is 10.9. The summed E-state index contributed by atoms with van der Waals surface area (Å²) in [6.45, 7) is 3.41. The molecule has 0 aromatic rings. The van der Waals surface area contributed by atoms with Crippen molar-refractivity contribution >= 4 is 5.97 Å². The number of hydrogen-bond acceptors (Lipinski definition) is 3. The first-order chi connectivity index (χ1) is 8.33. The van der Waals surface area contributed by atoms with Crippen molar-refractivity contribution in [2.45, 2.75) is 57.9 Å². The molecule has 1 unspecified atom stereocenters. The van der Waals surface area contributed by atoms with Gasteiger partial charge in [-0.25, -0.2) is 0 Å². The molecule has 1 atom stereocenters. The largest absolute Gasteiger partial charge is 0.466 e. The average Bonchev–Trinajstić information content (AvgIpc) is 2.35. The van der Waals surface area contributed by atoms with Gasteiger partial charge in [0.1, 0.15) is 0 Å². The van der Waals surface area contributed by atoms with Crippen LogP contribution in [0.4, 0.5) is 0 Å². The zero-order chi connectivity index (χ0) is 12.3. The van der Waals surface area contributed by atoms with Crippen LogP contribution in [-0.2, 0) is 9.53 Å². The van der Waals surface area contributed by atoms with E-state index in [0.29, 0.717) is 19.1 Å². The predicted molar refractivity (Wildman–Crippen MR) is 69.9 cm³/mol. The van der Waals surface area contributed by atoms with Crippen LogP contribution in [-0.4, -0.2) is 25.2 Å². The van der Waals surface area contributed by atoms with Gasteiger partial charge in [0, 0.05) is 12.5 Å². The molecule has 0 spiro atoms. The van der Waals surface area contributed by atoms with E-state index in [9.17, 15) is 4.79 Å². The van der Waals surface area contributed by atoms with Gasteiger partial charge in [-0.15, -0.1) is 0 Å². The van der Waals surface area contributed by atoms with Crippen LogP contribution in [0.5, 0.6) is 0 Å². The van der Waals surface area contributed by atoms with Crippen molar-refractivity contribution in [1.29, 1.82) is 0 Å². The fourth-order valence-corrected chi connectivity index (χ4v) is 2.09. The van der Waals surface area contributed by atoms with Gasteiger partial charge in [0.25, 0.3) is 0 Å². The first-order valence-corrected chi connectivity index (χ1v) is 6.87. The van der Waals surface area contributed by atoms with Gasteiger partial charge in [-0.1, -0.05) is 18.6 Å². The smallest absolute Gasteiger partial charge is 0.305 e. The summed E-state index contributed by atoms with van der Waals surface area (Å²) in [7, 11) is 0. The van der Waals surface area contributed by atoms with Crippen LogP contribution in [0.2, 0.25) is 0 Å². The summed E-state index contributed by atoms with van der Waals surface area (Å²) in [6.07, 6.45) is 11.9. The second-order valence-electron chi connectivity index (χ2n) is 4.55. The van der Waals surface area contributed by atoms with Crippen molar-refractivity contribution in [3.63, 3.8) is 0 Å². The molecule has 0 fully saturated rings. The standard InChI is InChI=1S/C14H25NO2/c1-2-17-14(16)11-7-4-8-12-15-13-9-5-3-6-10-13/h3,5,13,15H,2,4,6-12H2,1H3. The molecule has 3 nitrogen and oxygen atoms in total. The van der Waals surface area contributed by atoms with Crippen molar-refractivity contribution in [1.82, 2.24) is 5.32 Å². The normalized spacial score (nSPS) is 19.2. The molecule has 0 aliphatic heterocycles. The van der Waals surface area contributed by atoms with E-state index in [0.717, 1.165) is 25.8 Å². The molecule has 0 saturated heterocycles. The van der Waals surface area contributed by atoms with E-state index in [-0.39, 0.29) is 5.97 Å². The summed E-state index contributed by atoms with van der Waals surface area (Å²) in [5.41, 5.74) is 0. The van der Waals surface area contributed by atoms with E-state index < -0.39 is 0 Å². The molecule has 98 valence electrons. The minimum absolute atomic E-state index is 0.0575. The van der Waals surface area contributed by atoms with Crippen molar-refractivity contribution in [2.75, 3.05) is 13.2 Å². The number of ether oxygens (including phenoxy) is 1. The summed E-state index contributed by atoms with van der Waals surface area (Å²) < 4.78 is 4.88. The van der Waals surface area contributed by atoms with E-state index in [1.807, 2.05) is 6.92 Å². The number of unbranched alkanes of at least 4 members (excludes halogenated alkanes) is 2. The number of carbonyl (C=O) groups excluding carboxylic acids is 1. The Morgan fingerprint density at radius 2 is 2.24 bits per heavy atom. The van der Waals surface area contributed by atoms with Crippen LogP contribution in [0.3, 0.4) is 0 Å². The van der Waals surface area contributed by atoms with E-state index in [4.69, 9.17) is 4.74 Å². The van der Waals surface area contributed by atoms with Gasteiger partial charge in [0.05, 0.1) is 6.61 Å². The Hall–Kier alpha value is -0.830. The SMILES string of the molecule is CCOC(=O)CCCCCNC1CC=CCC1. The van der Waals surface area contributed by atoms with Crippen molar-refractivity contribution in [2.24, 2.45) is 0 Å². The Labute approximate surface area is 105 Å². The molecule has 1 rings (SSSR count). The van der Waals surface area contributed by atoms with Crippen LogP contribution >= 0.6 is 0 Å². The van der Waals surface area contributed by atoms with Crippen LogP contribution in [0.25, 0.3) is 0 Å². The summed E-state index contributed by atoms with van der Waals surface area (Å²) in [5, 5.41) is 3.57. The summed E-state index contributed by atoms with van der Waals surface area (Å²) in [5.74, 6) is -0.0575. The van der Waals surface area contributed by atoms with E-state index in [2.05, 4.69) is 17.5 Å². The topological polar surface area (TPSA) is 38.3 Å². The van der Waals surface area contributed by atoms with Gasteiger partial charge in [0.15, 0.2) is 0 Å². The van der Waals surface area contributed by atoms with Gasteiger partial charge in [-0.2, -0.15) is 0 Å². The molecular formula is C14H25NO2. The van der Waals surface area contributed by atoms with Gasteiger partial charge in [-0.05, 0) is 45.6 Å². The second-order valence-corrected chi connectivity index (χ2v) is 4.55. The van der Waals surface area contributed by atoms with E-state index >= 15 is 0 Å². The molecule has 0 saturated carbocycles. The number of allylic oxidation sites excluding steroid dienone is 1. The third-order valence-corrected chi connectivity index (χ3v) is 3.07. The highest BCUT2D eigenvalue weighted by Gasteiger charge is 2.07. The minimum atomic E-state index is -0.0575. The lowest BCUT2D eigenvalue weighted by molar-refractivity contribution is -0.143. The molecule has 1 aliphatic carbocycles. The zero-order valence-corrected chi connectivity index (χ0v) is 10.9. The second kappa shape index (κ2) is 9.23. The van der Waals surface area contributed by atoms with Crippen LogP contribution in [0.1, 0.15) is 51.9 Å². The van der Waals surface area contributed by atoms with Crippen LogP contribution < -0.4 is 5.32 Å². The maximum absolute atomic E-state index is 11.1. The van der Waals surface area contributed by atoms with Crippen LogP contribution in [0, 0.1) is 0 Å². The van der Waals surface area contributed by atoms with Crippen molar-refractivity contribution < 1.29 is 9.53 Å². The fraction of sp³-hybridized carbons (Fsp3) is 0.786. The first-order valence-electron chi connectivity index (χ1n) is 6.87. The monoisotopic (exact) mass is 239 g/mol. The lowest BCUT2D eigenvalue weighted by atomic mass is 10.0. The molecule has 0 heterocycles. The molecule has 0 aromatic carbocycles. The fourth-order valence-electron chi connectivity index (χ4n) is 2.09. The first kappa shape index (κ1) is 14.2. The van der Waals surface area contributed by atoms with Gasteiger partial charge in [0.2, 0.25) is 0 Å². The Morgan fingerprint density at radius 1 is 1.35 bits per heavy atom. The molecule has 3 heteroatoms. The molecule has 1 N–H and O–H groups in total. The van der Waals surface area contributed by atoms with Crippen molar-refractivity contribution in [3.05, 3.63) is 12.2 Å². The predicted octanol–water partition coefficient (Wildman–Crippen LogP) is 2.81. The van der Waals surface area contributed by atoms with Crippen molar-refractivity contribution in [3.8, 4) is 0 Å². The molecular weight excluding hydrogens is 214 g/mol. The van der Waals surface area contributed by atoms with Gasteiger partial charge >= 0.3 is 5.97 Å². The highest BCUT2D eigenvalue weighted by molar-refractivity contribution is 5.69. The Kier molecular flexibility index (Phi) is 7.72. The number of esters is 1. The molecule has 17 heavy (non-hydrogen) atoms. The average molecular weight is 239 g/mol. The Morgan fingerprint density at radius 3 is 2.94 bits per heavy atom. The third kappa shape index (κ3) is 7.16. The molecule has 0 bridgehead atoms. The quantitative estimate of drug-likeness (QED) is 0.402. The maximum Gasteiger partial charge on any atom is 0.305 e. The molecule has 0 radical (unpaired) electrons. The maximum atomic E-state index is 11.1. The highest BCUT2D eigenvalue weighted by atomic mass is 16.5. The number of rotatable bonds is 8. The van der Waals surface area contributed by atoms with E-state index in [1.54, 1.807) is 0 Å². The van der Waals surface area contributed by atoms with Gasteiger partial charge in [-0.3, -0.25) is 4.79 Å². The summed E-state index contributed by atoms with van der Waals surface area (Å²) in [4.78, 5) is 11.1. The lowest BCUT2D eigenvalue weighted by Gasteiger charge is -2.19. The van der Waals surface area contributed by atoms with Gasteiger partial charge < -0.3 is 10.1 Å². The molecule has 0 amide bonds. The Bertz CT molecular complexity index is 238. The lowest BCUT2D eigenvalue weighted by Crippen LogP contribution is -2.30. The minimum Gasteiger partial charge on any atom is -0.466 e. The molecule has 0 aromatic heterocycles. The molecule has 1 aliphatic rings. The number of hydrogen-bond donors (Lipinski definition) is 1. The van der Waals surface area contributed by atoms with E-state index in [1.165, 1.54) is 19.3 Å². The van der Waals surface area contributed by atoms with Crippen LogP contribution in [0.15, 0.2) is 12.2 Å². The number of carbonyl (C=O) groups is 1. The Balaban J connectivity index is 1.87. The third-order valence-electron chi connectivity index (χ3n) is 3.07. The number of nitrogens with one attached hydrogen (secondary N) is 1. The summed E-state index contributed by atoms with van der Waals surface area (Å²) in [6, 6.07) is 0.671.